The van der Waals surface area contributed by atoms with Gasteiger partial charge in [0.2, 0.25) is 0 Å². The first kappa shape index (κ1) is 13.3. The molecule has 2 heterocycles. The van der Waals surface area contributed by atoms with Gasteiger partial charge < -0.3 is 10.6 Å². The van der Waals surface area contributed by atoms with E-state index in [2.05, 4.69) is 14.9 Å². The molecule has 0 saturated carbocycles. The fraction of sp³-hybridized carbons (Fsp3) is 0.333. The minimum absolute atomic E-state index is 0.328. The highest BCUT2D eigenvalue weighted by atomic mass is 35.5. The number of piperidine rings is 1. The molecule has 1 fully saturated rings. The molecule has 1 aliphatic heterocycles. The lowest BCUT2D eigenvalue weighted by molar-refractivity contribution is 0.500. The van der Waals surface area contributed by atoms with Gasteiger partial charge in [0.15, 0.2) is 5.82 Å². The molecule has 2 aromatic rings. The molecule has 0 bridgehead atoms. The van der Waals surface area contributed by atoms with Gasteiger partial charge in [0.25, 0.3) is 0 Å². The normalized spacial score (nSPS) is 16.4. The van der Waals surface area contributed by atoms with Crippen LogP contribution >= 0.6 is 11.6 Å². The third kappa shape index (κ3) is 2.76. The molecular weight excluding hydrogens is 272 g/mol. The van der Waals surface area contributed by atoms with E-state index >= 15 is 0 Å². The molecule has 4 nitrogen and oxygen atoms in total. The maximum atomic E-state index is 6.16. The average Bonchev–Trinajstić information content (AvgIpc) is 2.49. The molecule has 1 aromatic heterocycles. The van der Waals surface area contributed by atoms with E-state index in [0.29, 0.717) is 16.9 Å². The zero-order valence-corrected chi connectivity index (χ0v) is 11.9. The third-order valence-electron chi connectivity index (χ3n) is 3.66. The Hall–Kier alpha value is -1.65. The molecule has 0 radical (unpaired) electrons. The van der Waals surface area contributed by atoms with Crippen molar-refractivity contribution >= 4 is 17.3 Å². The van der Waals surface area contributed by atoms with Crippen LogP contribution in [0, 0.1) is 0 Å². The van der Waals surface area contributed by atoms with Crippen molar-refractivity contribution in [3.63, 3.8) is 0 Å². The summed E-state index contributed by atoms with van der Waals surface area (Å²) in [6, 6.07) is 7.94. The maximum Gasteiger partial charge on any atom is 0.160 e. The molecule has 1 saturated heterocycles. The zero-order chi connectivity index (χ0) is 13.9. The molecule has 0 aliphatic carbocycles. The van der Waals surface area contributed by atoms with Crippen molar-refractivity contribution in [3.8, 4) is 11.4 Å². The van der Waals surface area contributed by atoms with Gasteiger partial charge in [-0.3, -0.25) is 0 Å². The fourth-order valence-electron chi connectivity index (χ4n) is 2.42. The van der Waals surface area contributed by atoms with Crippen LogP contribution in [0.15, 0.2) is 36.7 Å². The number of nitrogens with zero attached hydrogens (tertiary/aromatic N) is 3. The van der Waals surface area contributed by atoms with E-state index in [4.69, 9.17) is 17.3 Å². The lowest BCUT2D eigenvalue weighted by atomic mass is 10.1. The van der Waals surface area contributed by atoms with Crippen LogP contribution in [0.1, 0.15) is 12.8 Å². The van der Waals surface area contributed by atoms with Gasteiger partial charge >= 0.3 is 0 Å². The van der Waals surface area contributed by atoms with E-state index in [1.54, 1.807) is 0 Å². The van der Waals surface area contributed by atoms with Crippen LogP contribution in [0.2, 0.25) is 5.02 Å². The first-order valence-electron chi connectivity index (χ1n) is 6.81. The minimum Gasteiger partial charge on any atom is -0.369 e. The molecule has 104 valence electrons. The molecule has 20 heavy (non-hydrogen) atoms. The van der Waals surface area contributed by atoms with Crippen LogP contribution in [-0.4, -0.2) is 29.1 Å². The van der Waals surface area contributed by atoms with E-state index in [0.717, 1.165) is 37.2 Å². The number of hydrogen-bond acceptors (Lipinski definition) is 4. The van der Waals surface area contributed by atoms with Gasteiger partial charge in [-0.05, 0) is 25.0 Å². The lowest BCUT2D eigenvalue weighted by Crippen LogP contribution is -2.39. The maximum absolute atomic E-state index is 6.16. The number of halogens is 1. The Morgan fingerprint density at radius 1 is 1.10 bits per heavy atom. The molecule has 0 amide bonds. The zero-order valence-electron chi connectivity index (χ0n) is 11.2. The van der Waals surface area contributed by atoms with Crippen LogP contribution in [-0.2, 0) is 0 Å². The molecule has 5 heteroatoms. The molecular formula is C15H17ClN4. The molecule has 0 atom stereocenters. The summed E-state index contributed by atoms with van der Waals surface area (Å²) in [5.74, 6) is 0.660. The van der Waals surface area contributed by atoms with Crippen molar-refractivity contribution in [2.75, 3.05) is 18.0 Å². The van der Waals surface area contributed by atoms with Crippen LogP contribution in [0.25, 0.3) is 11.4 Å². The second kappa shape index (κ2) is 5.77. The van der Waals surface area contributed by atoms with E-state index < -0.39 is 0 Å². The highest BCUT2D eigenvalue weighted by Crippen LogP contribution is 2.25. The summed E-state index contributed by atoms with van der Waals surface area (Å²) in [6.07, 6.45) is 5.77. The lowest BCUT2D eigenvalue weighted by Gasteiger charge is -2.31. The summed E-state index contributed by atoms with van der Waals surface area (Å²) in [5, 5.41) is 0.671. The van der Waals surface area contributed by atoms with Gasteiger partial charge in [-0.15, -0.1) is 0 Å². The molecule has 1 aliphatic rings. The van der Waals surface area contributed by atoms with Crippen LogP contribution < -0.4 is 10.6 Å². The molecule has 3 rings (SSSR count). The Morgan fingerprint density at radius 2 is 1.75 bits per heavy atom. The topological polar surface area (TPSA) is 55.0 Å². The number of anilines is 1. The number of aromatic nitrogens is 2. The molecule has 0 unspecified atom stereocenters. The number of rotatable bonds is 2. The van der Waals surface area contributed by atoms with E-state index in [1.807, 2.05) is 36.7 Å². The predicted molar refractivity (Wildman–Crippen MR) is 81.9 cm³/mol. The molecule has 1 aromatic carbocycles. The Bertz CT molecular complexity index is 577. The fourth-order valence-corrected chi connectivity index (χ4v) is 2.64. The summed E-state index contributed by atoms with van der Waals surface area (Å²) >= 11 is 6.16. The number of nitrogens with two attached hydrogens (primary N) is 1. The minimum atomic E-state index is 0.328. The Kier molecular flexibility index (Phi) is 3.85. The van der Waals surface area contributed by atoms with Crippen molar-refractivity contribution in [3.05, 3.63) is 41.7 Å². The first-order valence-corrected chi connectivity index (χ1v) is 7.19. The number of benzene rings is 1. The Morgan fingerprint density at radius 3 is 2.40 bits per heavy atom. The van der Waals surface area contributed by atoms with Crippen LogP contribution in [0.3, 0.4) is 0 Å². The van der Waals surface area contributed by atoms with Gasteiger partial charge in [-0.25, -0.2) is 9.97 Å². The average molecular weight is 289 g/mol. The molecule has 0 spiro atoms. The molecule has 2 N–H and O–H groups in total. The van der Waals surface area contributed by atoms with E-state index in [-0.39, 0.29) is 0 Å². The summed E-state index contributed by atoms with van der Waals surface area (Å²) in [4.78, 5) is 11.1. The summed E-state index contributed by atoms with van der Waals surface area (Å²) in [7, 11) is 0. The van der Waals surface area contributed by atoms with Crippen molar-refractivity contribution in [2.45, 2.75) is 18.9 Å². The van der Waals surface area contributed by atoms with Gasteiger partial charge in [0.1, 0.15) is 0 Å². The smallest absolute Gasteiger partial charge is 0.160 e. The van der Waals surface area contributed by atoms with Crippen molar-refractivity contribution < 1.29 is 0 Å². The van der Waals surface area contributed by atoms with Gasteiger partial charge in [-0.2, -0.15) is 0 Å². The second-order valence-corrected chi connectivity index (χ2v) is 5.48. The Balaban J connectivity index is 1.80. The summed E-state index contributed by atoms with van der Waals surface area (Å²) < 4.78 is 0. The van der Waals surface area contributed by atoms with Crippen molar-refractivity contribution in [2.24, 2.45) is 5.73 Å². The highest BCUT2D eigenvalue weighted by Gasteiger charge is 2.17. The van der Waals surface area contributed by atoms with E-state index in [9.17, 15) is 0 Å². The SMILES string of the molecule is NC1CCN(c2cnc(-c3ccccc3Cl)nc2)CC1. The van der Waals surface area contributed by atoms with Crippen molar-refractivity contribution in [1.82, 2.24) is 9.97 Å². The van der Waals surface area contributed by atoms with Gasteiger partial charge in [0.05, 0.1) is 23.1 Å². The van der Waals surface area contributed by atoms with Gasteiger partial charge in [-0.1, -0.05) is 23.7 Å². The standard InChI is InChI=1S/C15H17ClN4/c16-14-4-2-1-3-13(14)15-18-9-12(10-19-15)20-7-5-11(17)6-8-20/h1-4,9-11H,5-8,17H2. The number of hydrogen-bond donors (Lipinski definition) is 1. The van der Waals surface area contributed by atoms with E-state index in [1.165, 1.54) is 0 Å². The largest absolute Gasteiger partial charge is 0.369 e. The van der Waals surface area contributed by atoms with Crippen LogP contribution in [0.4, 0.5) is 5.69 Å². The van der Waals surface area contributed by atoms with Gasteiger partial charge in [0, 0.05) is 24.7 Å². The summed E-state index contributed by atoms with van der Waals surface area (Å²) in [6.45, 7) is 1.94. The predicted octanol–water partition coefficient (Wildman–Crippen LogP) is 2.72. The highest BCUT2D eigenvalue weighted by molar-refractivity contribution is 6.33. The summed E-state index contributed by atoms with van der Waals surface area (Å²) in [5.41, 5.74) is 7.83. The Labute approximate surface area is 123 Å². The quantitative estimate of drug-likeness (QED) is 0.923. The first-order chi connectivity index (χ1) is 9.74. The second-order valence-electron chi connectivity index (χ2n) is 5.07. The monoisotopic (exact) mass is 288 g/mol. The van der Waals surface area contributed by atoms with Crippen molar-refractivity contribution in [1.29, 1.82) is 0 Å². The van der Waals surface area contributed by atoms with Crippen LogP contribution in [0.5, 0.6) is 0 Å². The third-order valence-corrected chi connectivity index (χ3v) is 3.99.